The van der Waals surface area contributed by atoms with Crippen LogP contribution in [0.2, 0.25) is 0 Å². The summed E-state index contributed by atoms with van der Waals surface area (Å²) in [4.78, 5) is 30.7. The van der Waals surface area contributed by atoms with Gasteiger partial charge in [-0.2, -0.15) is 4.37 Å². The van der Waals surface area contributed by atoms with Crippen LogP contribution in [0, 0.1) is 13.8 Å². The van der Waals surface area contributed by atoms with Crippen LogP contribution in [-0.4, -0.2) is 31.3 Å². The predicted molar refractivity (Wildman–Crippen MR) is 68.5 cm³/mol. The molecule has 0 saturated carbocycles. The molecule has 0 aliphatic heterocycles. The predicted octanol–water partition coefficient (Wildman–Crippen LogP) is 1.50. The van der Waals surface area contributed by atoms with Gasteiger partial charge in [0.15, 0.2) is 0 Å². The summed E-state index contributed by atoms with van der Waals surface area (Å²) in [6, 6.07) is 2.71. The SMILES string of the molecule is Cc1nsc(NC(=O)c2ccc(C(=O)O)c(C)n2)n1. The van der Waals surface area contributed by atoms with Crippen LogP contribution >= 0.6 is 11.5 Å². The summed E-state index contributed by atoms with van der Waals surface area (Å²) < 4.78 is 3.94. The van der Waals surface area contributed by atoms with Gasteiger partial charge >= 0.3 is 5.97 Å². The molecule has 0 radical (unpaired) electrons. The normalized spacial score (nSPS) is 10.2. The Balaban J connectivity index is 2.20. The van der Waals surface area contributed by atoms with Crippen LogP contribution in [0.4, 0.5) is 5.13 Å². The molecule has 0 unspecified atom stereocenters. The van der Waals surface area contributed by atoms with Crippen LogP contribution in [-0.2, 0) is 0 Å². The lowest BCUT2D eigenvalue weighted by Crippen LogP contribution is -2.15. The fourth-order valence-corrected chi connectivity index (χ4v) is 1.99. The quantitative estimate of drug-likeness (QED) is 0.881. The molecule has 2 rings (SSSR count). The Kier molecular flexibility index (Phi) is 3.52. The summed E-state index contributed by atoms with van der Waals surface area (Å²) in [5.41, 5.74) is 0.493. The molecule has 0 aromatic carbocycles. The van der Waals surface area contributed by atoms with E-state index in [1.54, 1.807) is 6.92 Å². The molecule has 0 fully saturated rings. The summed E-state index contributed by atoms with van der Waals surface area (Å²) in [5, 5.41) is 11.8. The monoisotopic (exact) mass is 278 g/mol. The lowest BCUT2D eigenvalue weighted by atomic mass is 10.2. The number of aromatic nitrogens is 3. The van der Waals surface area contributed by atoms with Gasteiger partial charge < -0.3 is 5.11 Å². The Labute approximate surface area is 112 Å². The van der Waals surface area contributed by atoms with Crippen LogP contribution < -0.4 is 5.32 Å². The summed E-state index contributed by atoms with van der Waals surface area (Å²) in [7, 11) is 0. The fraction of sp³-hybridized carbons (Fsp3) is 0.182. The maximum atomic E-state index is 11.9. The van der Waals surface area contributed by atoms with Crippen molar-refractivity contribution in [3.8, 4) is 0 Å². The number of anilines is 1. The third-order valence-corrected chi connectivity index (χ3v) is 3.02. The number of nitrogens with one attached hydrogen (secondary N) is 1. The highest BCUT2D eigenvalue weighted by Crippen LogP contribution is 2.12. The van der Waals surface area contributed by atoms with Crippen molar-refractivity contribution in [3.63, 3.8) is 0 Å². The highest BCUT2D eigenvalue weighted by Gasteiger charge is 2.14. The second-order valence-electron chi connectivity index (χ2n) is 3.74. The van der Waals surface area contributed by atoms with Gasteiger partial charge in [0.1, 0.15) is 11.5 Å². The van der Waals surface area contributed by atoms with E-state index in [0.29, 0.717) is 11.0 Å². The minimum absolute atomic E-state index is 0.0725. The zero-order chi connectivity index (χ0) is 14.0. The highest BCUT2D eigenvalue weighted by atomic mass is 32.1. The third kappa shape index (κ3) is 2.91. The second-order valence-corrected chi connectivity index (χ2v) is 4.49. The number of carbonyl (C=O) groups excluding carboxylic acids is 1. The number of hydrogen-bond donors (Lipinski definition) is 2. The van der Waals surface area contributed by atoms with E-state index < -0.39 is 11.9 Å². The van der Waals surface area contributed by atoms with E-state index in [-0.39, 0.29) is 17.0 Å². The first-order valence-electron chi connectivity index (χ1n) is 5.30. The van der Waals surface area contributed by atoms with Crippen molar-refractivity contribution in [1.82, 2.24) is 14.3 Å². The molecule has 2 aromatic heterocycles. The van der Waals surface area contributed by atoms with Crippen molar-refractivity contribution >= 4 is 28.5 Å². The number of nitrogens with zero attached hydrogens (tertiary/aromatic N) is 3. The van der Waals surface area contributed by atoms with Gasteiger partial charge in [0.2, 0.25) is 5.13 Å². The largest absolute Gasteiger partial charge is 0.478 e. The number of carboxylic acid groups (broad SMARTS) is 1. The van der Waals surface area contributed by atoms with Gasteiger partial charge in [-0.15, -0.1) is 0 Å². The van der Waals surface area contributed by atoms with E-state index in [0.717, 1.165) is 11.5 Å². The van der Waals surface area contributed by atoms with E-state index in [2.05, 4.69) is 19.7 Å². The van der Waals surface area contributed by atoms with Crippen molar-refractivity contribution in [2.75, 3.05) is 5.32 Å². The molecule has 0 aliphatic rings. The molecular formula is C11H10N4O3S. The highest BCUT2D eigenvalue weighted by molar-refractivity contribution is 7.09. The molecule has 0 aliphatic carbocycles. The van der Waals surface area contributed by atoms with Crippen molar-refractivity contribution in [2.24, 2.45) is 0 Å². The summed E-state index contributed by atoms with van der Waals surface area (Å²) in [6.45, 7) is 3.26. The smallest absolute Gasteiger partial charge is 0.337 e. The van der Waals surface area contributed by atoms with Crippen LogP contribution in [0.15, 0.2) is 12.1 Å². The molecule has 1 amide bonds. The lowest BCUT2D eigenvalue weighted by Gasteiger charge is -2.04. The Bertz CT molecular complexity index is 653. The average molecular weight is 278 g/mol. The molecule has 0 bridgehead atoms. The number of pyridine rings is 1. The lowest BCUT2D eigenvalue weighted by molar-refractivity contribution is 0.0695. The van der Waals surface area contributed by atoms with Crippen molar-refractivity contribution in [1.29, 1.82) is 0 Å². The number of hydrogen-bond acceptors (Lipinski definition) is 6. The van der Waals surface area contributed by atoms with E-state index in [9.17, 15) is 9.59 Å². The van der Waals surface area contributed by atoms with Crippen molar-refractivity contribution in [3.05, 3.63) is 34.9 Å². The third-order valence-electron chi connectivity index (χ3n) is 2.30. The van der Waals surface area contributed by atoms with Gasteiger partial charge in [-0.3, -0.25) is 10.1 Å². The van der Waals surface area contributed by atoms with E-state index in [1.807, 2.05) is 0 Å². The maximum Gasteiger partial charge on any atom is 0.337 e. The van der Waals surface area contributed by atoms with Gasteiger partial charge in [0, 0.05) is 11.5 Å². The number of carboxylic acids is 1. The molecular weight excluding hydrogens is 268 g/mol. The summed E-state index contributed by atoms with van der Waals surface area (Å²) in [6.07, 6.45) is 0. The van der Waals surface area contributed by atoms with Crippen LogP contribution in [0.5, 0.6) is 0 Å². The van der Waals surface area contributed by atoms with E-state index >= 15 is 0 Å². The summed E-state index contributed by atoms with van der Waals surface area (Å²) >= 11 is 1.07. The van der Waals surface area contributed by atoms with E-state index in [1.165, 1.54) is 19.1 Å². The molecule has 19 heavy (non-hydrogen) atoms. The minimum Gasteiger partial charge on any atom is -0.478 e. The average Bonchev–Trinajstić information content (AvgIpc) is 2.74. The summed E-state index contributed by atoms with van der Waals surface area (Å²) in [5.74, 6) is -0.946. The molecule has 8 heteroatoms. The zero-order valence-corrected chi connectivity index (χ0v) is 11.0. The number of aromatic carboxylic acids is 1. The van der Waals surface area contributed by atoms with Gasteiger partial charge in [0.05, 0.1) is 11.3 Å². The molecule has 2 aromatic rings. The van der Waals surface area contributed by atoms with Crippen LogP contribution in [0.1, 0.15) is 32.4 Å². The topological polar surface area (TPSA) is 105 Å². The first kappa shape index (κ1) is 13.1. The van der Waals surface area contributed by atoms with E-state index in [4.69, 9.17) is 5.11 Å². The number of carbonyl (C=O) groups is 2. The molecule has 7 nitrogen and oxygen atoms in total. The number of aryl methyl sites for hydroxylation is 2. The number of amides is 1. The Morgan fingerprint density at radius 1 is 1.26 bits per heavy atom. The van der Waals surface area contributed by atoms with Crippen molar-refractivity contribution < 1.29 is 14.7 Å². The molecule has 98 valence electrons. The van der Waals surface area contributed by atoms with Crippen LogP contribution in [0.3, 0.4) is 0 Å². The molecule has 0 saturated heterocycles. The Morgan fingerprint density at radius 2 is 2.00 bits per heavy atom. The zero-order valence-electron chi connectivity index (χ0n) is 10.2. The molecule has 2 heterocycles. The van der Waals surface area contributed by atoms with Crippen molar-refractivity contribution in [2.45, 2.75) is 13.8 Å². The van der Waals surface area contributed by atoms with Crippen LogP contribution in [0.25, 0.3) is 0 Å². The Hall–Kier alpha value is -2.35. The van der Waals surface area contributed by atoms with Gasteiger partial charge in [-0.25, -0.2) is 14.8 Å². The van der Waals surface area contributed by atoms with Gasteiger partial charge in [-0.05, 0) is 26.0 Å². The fourth-order valence-electron chi connectivity index (χ4n) is 1.42. The first-order valence-corrected chi connectivity index (χ1v) is 6.07. The molecule has 0 spiro atoms. The van der Waals surface area contributed by atoms with Gasteiger partial charge in [0.25, 0.3) is 5.91 Å². The second kappa shape index (κ2) is 5.11. The molecule has 2 N–H and O–H groups in total. The maximum absolute atomic E-state index is 11.9. The standard InChI is InChI=1S/C11H10N4O3S/c1-5-7(10(17)18)3-4-8(12-5)9(16)14-11-13-6(2)15-19-11/h3-4H,1-2H3,(H,17,18)(H,13,14,15,16). The first-order chi connectivity index (χ1) is 8.97. The number of rotatable bonds is 3. The Morgan fingerprint density at radius 3 is 2.53 bits per heavy atom. The minimum atomic E-state index is -1.07. The van der Waals surface area contributed by atoms with Gasteiger partial charge in [-0.1, -0.05) is 0 Å². The molecule has 0 atom stereocenters.